The lowest BCUT2D eigenvalue weighted by Gasteiger charge is -2.14. The lowest BCUT2D eigenvalue weighted by Crippen LogP contribution is -2.12. The predicted molar refractivity (Wildman–Crippen MR) is 88.2 cm³/mol. The summed E-state index contributed by atoms with van der Waals surface area (Å²) in [6.07, 6.45) is 0. The van der Waals surface area contributed by atoms with E-state index < -0.39 is 0 Å². The summed E-state index contributed by atoms with van der Waals surface area (Å²) in [5, 5.41) is 4.37. The van der Waals surface area contributed by atoms with Crippen molar-refractivity contribution in [2.75, 3.05) is 7.05 Å². The zero-order valence-electron chi connectivity index (χ0n) is 11.1. The second kappa shape index (κ2) is 6.81. The van der Waals surface area contributed by atoms with Crippen LogP contribution in [0.1, 0.15) is 18.5 Å². The number of benzene rings is 2. The Balaban J connectivity index is 2.26. The van der Waals surface area contributed by atoms with Crippen LogP contribution in [-0.2, 0) is 0 Å². The number of ether oxygens (including phenoxy) is 1. The van der Waals surface area contributed by atoms with Crippen molar-refractivity contribution in [2.24, 2.45) is 0 Å². The average molecular weight is 375 g/mol. The Bertz CT molecular complexity index is 619. The molecular formula is C15H14BrCl2NO. The molecule has 0 amide bonds. The van der Waals surface area contributed by atoms with Crippen LogP contribution in [0.15, 0.2) is 40.9 Å². The quantitative estimate of drug-likeness (QED) is 0.726. The molecule has 2 aromatic rings. The fraction of sp³-hybridized carbons (Fsp3) is 0.200. The summed E-state index contributed by atoms with van der Waals surface area (Å²) < 4.78 is 6.68. The van der Waals surface area contributed by atoms with E-state index in [1.54, 1.807) is 12.1 Å². The molecule has 0 spiro atoms. The van der Waals surface area contributed by atoms with E-state index in [2.05, 4.69) is 21.2 Å². The van der Waals surface area contributed by atoms with Gasteiger partial charge < -0.3 is 10.1 Å². The first-order valence-corrected chi connectivity index (χ1v) is 7.65. The fourth-order valence-electron chi connectivity index (χ4n) is 1.76. The summed E-state index contributed by atoms with van der Waals surface area (Å²) >= 11 is 15.8. The molecule has 0 aliphatic heterocycles. The molecule has 0 radical (unpaired) electrons. The van der Waals surface area contributed by atoms with Crippen LogP contribution in [0, 0.1) is 0 Å². The SMILES string of the molecule is CNC(C)c1ccc(Oc2cc(Br)ccc2Cl)cc1Cl. The van der Waals surface area contributed by atoms with Crippen LogP contribution in [0.3, 0.4) is 0 Å². The molecule has 0 fully saturated rings. The average Bonchev–Trinajstić information content (AvgIpc) is 2.42. The summed E-state index contributed by atoms with van der Waals surface area (Å²) in [5.41, 5.74) is 1.03. The van der Waals surface area contributed by atoms with Crippen LogP contribution >= 0.6 is 39.1 Å². The van der Waals surface area contributed by atoms with Crippen LogP contribution in [0.25, 0.3) is 0 Å². The van der Waals surface area contributed by atoms with E-state index in [0.717, 1.165) is 10.0 Å². The molecule has 0 aliphatic carbocycles. The largest absolute Gasteiger partial charge is 0.456 e. The third-order valence-electron chi connectivity index (χ3n) is 2.99. The number of nitrogens with one attached hydrogen (secondary N) is 1. The van der Waals surface area contributed by atoms with Crippen molar-refractivity contribution < 1.29 is 4.74 Å². The van der Waals surface area contributed by atoms with E-state index in [9.17, 15) is 0 Å². The Labute approximate surface area is 137 Å². The van der Waals surface area contributed by atoms with Crippen molar-refractivity contribution in [1.82, 2.24) is 5.32 Å². The molecule has 0 saturated carbocycles. The van der Waals surface area contributed by atoms with E-state index in [1.165, 1.54) is 0 Å². The Hall–Kier alpha value is -0.740. The van der Waals surface area contributed by atoms with Crippen molar-refractivity contribution in [2.45, 2.75) is 13.0 Å². The van der Waals surface area contributed by atoms with Gasteiger partial charge in [0.25, 0.3) is 0 Å². The summed E-state index contributed by atoms with van der Waals surface area (Å²) in [4.78, 5) is 0. The Morgan fingerprint density at radius 2 is 1.85 bits per heavy atom. The van der Waals surface area contributed by atoms with Crippen LogP contribution in [-0.4, -0.2) is 7.05 Å². The van der Waals surface area contributed by atoms with Crippen LogP contribution in [0.5, 0.6) is 11.5 Å². The first-order chi connectivity index (χ1) is 9.51. The second-order valence-corrected chi connectivity index (χ2v) is 6.10. The molecule has 2 rings (SSSR count). The van der Waals surface area contributed by atoms with Gasteiger partial charge in [-0.2, -0.15) is 0 Å². The predicted octanol–water partition coefficient (Wildman–Crippen LogP) is 5.83. The normalized spacial score (nSPS) is 12.2. The van der Waals surface area contributed by atoms with Gasteiger partial charge in [0.2, 0.25) is 0 Å². The Morgan fingerprint density at radius 1 is 1.10 bits per heavy atom. The van der Waals surface area contributed by atoms with Crippen molar-refractivity contribution in [3.8, 4) is 11.5 Å². The van der Waals surface area contributed by atoms with Gasteiger partial charge in [-0.15, -0.1) is 0 Å². The number of hydrogen-bond donors (Lipinski definition) is 1. The molecule has 0 bridgehead atoms. The van der Waals surface area contributed by atoms with Crippen LogP contribution in [0.2, 0.25) is 10.0 Å². The van der Waals surface area contributed by atoms with Crippen LogP contribution < -0.4 is 10.1 Å². The topological polar surface area (TPSA) is 21.3 Å². The van der Waals surface area contributed by atoms with Gasteiger partial charge in [0.1, 0.15) is 11.5 Å². The minimum atomic E-state index is 0.186. The van der Waals surface area contributed by atoms with Gasteiger partial charge in [-0.05, 0) is 49.9 Å². The highest BCUT2D eigenvalue weighted by Gasteiger charge is 2.10. The summed E-state index contributed by atoms with van der Waals surface area (Å²) in [6, 6.07) is 11.3. The lowest BCUT2D eigenvalue weighted by molar-refractivity contribution is 0.482. The van der Waals surface area contributed by atoms with Crippen LogP contribution in [0.4, 0.5) is 0 Å². The molecule has 106 valence electrons. The van der Waals surface area contributed by atoms with E-state index in [0.29, 0.717) is 21.5 Å². The molecule has 0 saturated heterocycles. The molecule has 0 heterocycles. The molecule has 0 aliphatic rings. The van der Waals surface area contributed by atoms with Crippen molar-refractivity contribution in [1.29, 1.82) is 0 Å². The highest BCUT2D eigenvalue weighted by atomic mass is 79.9. The van der Waals surface area contributed by atoms with E-state index >= 15 is 0 Å². The van der Waals surface area contributed by atoms with Gasteiger partial charge in [-0.3, -0.25) is 0 Å². The standard InChI is InChI=1S/C15H14BrCl2NO/c1-9(19-2)12-5-4-11(8-14(12)18)20-15-7-10(16)3-6-13(15)17/h3-9,19H,1-2H3. The van der Waals surface area contributed by atoms with Gasteiger partial charge in [0, 0.05) is 15.5 Å². The van der Waals surface area contributed by atoms with Gasteiger partial charge in [0.05, 0.1) is 5.02 Å². The number of halogens is 3. The molecule has 1 atom stereocenters. The monoisotopic (exact) mass is 373 g/mol. The molecule has 20 heavy (non-hydrogen) atoms. The van der Waals surface area contributed by atoms with Gasteiger partial charge >= 0.3 is 0 Å². The maximum atomic E-state index is 6.28. The fourth-order valence-corrected chi connectivity index (χ4v) is 2.59. The van der Waals surface area contributed by atoms with Gasteiger partial charge in [-0.1, -0.05) is 45.2 Å². The maximum Gasteiger partial charge on any atom is 0.147 e. The van der Waals surface area contributed by atoms with Crippen molar-refractivity contribution in [3.63, 3.8) is 0 Å². The van der Waals surface area contributed by atoms with Gasteiger partial charge in [0.15, 0.2) is 0 Å². The number of hydrogen-bond acceptors (Lipinski definition) is 2. The Kier molecular flexibility index (Phi) is 5.33. The molecule has 0 aromatic heterocycles. The third kappa shape index (κ3) is 3.67. The molecule has 1 N–H and O–H groups in total. The molecule has 2 nitrogen and oxygen atoms in total. The molecule has 5 heteroatoms. The van der Waals surface area contributed by atoms with Crippen molar-refractivity contribution in [3.05, 3.63) is 56.5 Å². The molecule has 1 unspecified atom stereocenters. The molecule has 2 aromatic carbocycles. The minimum absolute atomic E-state index is 0.186. The maximum absolute atomic E-state index is 6.28. The lowest BCUT2D eigenvalue weighted by atomic mass is 10.1. The minimum Gasteiger partial charge on any atom is -0.456 e. The van der Waals surface area contributed by atoms with E-state index in [-0.39, 0.29) is 6.04 Å². The zero-order valence-corrected chi connectivity index (χ0v) is 14.2. The van der Waals surface area contributed by atoms with E-state index in [4.69, 9.17) is 27.9 Å². The first-order valence-electron chi connectivity index (χ1n) is 6.11. The second-order valence-electron chi connectivity index (χ2n) is 4.37. The molecular weight excluding hydrogens is 361 g/mol. The smallest absolute Gasteiger partial charge is 0.147 e. The summed E-state index contributed by atoms with van der Waals surface area (Å²) in [6.45, 7) is 2.05. The van der Waals surface area contributed by atoms with Gasteiger partial charge in [-0.25, -0.2) is 0 Å². The summed E-state index contributed by atoms with van der Waals surface area (Å²) in [7, 11) is 1.90. The summed E-state index contributed by atoms with van der Waals surface area (Å²) in [5.74, 6) is 1.24. The first kappa shape index (κ1) is 15.6. The van der Waals surface area contributed by atoms with E-state index in [1.807, 2.05) is 38.2 Å². The Morgan fingerprint density at radius 3 is 2.50 bits per heavy atom. The third-order valence-corrected chi connectivity index (χ3v) is 4.13. The van der Waals surface area contributed by atoms with Crippen molar-refractivity contribution >= 4 is 39.1 Å². The zero-order chi connectivity index (χ0) is 14.7. The highest BCUT2D eigenvalue weighted by Crippen LogP contribution is 2.34. The highest BCUT2D eigenvalue weighted by molar-refractivity contribution is 9.10. The number of rotatable bonds is 4.